The van der Waals surface area contributed by atoms with Gasteiger partial charge in [-0.1, -0.05) is 27.7 Å². The number of carbonyl (C=O) groups excluding carboxylic acids is 2. The average Bonchev–Trinajstić information content (AvgIpc) is 2.21. The maximum absolute atomic E-state index is 12.1. The van der Waals surface area contributed by atoms with Gasteiger partial charge in [0.15, 0.2) is 0 Å². The lowest BCUT2D eigenvalue weighted by atomic mass is 10.00. The Morgan fingerprint density at radius 2 is 1.94 bits per heavy atom. The summed E-state index contributed by atoms with van der Waals surface area (Å²) in [4.78, 5) is 25.3. The summed E-state index contributed by atoms with van der Waals surface area (Å²) in [5.74, 6) is 0.833. The van der Waals surface area contributed by atoms with Gasteiger partial charge in [-0.05, 0) is 24.7 Å². The monoisotopic (exact) mass is 240 g/mol. The number of amides is 2. The zero-order valence-electron chi connectivity index (χ0n) is 11.3. The maximum Gasteiger partial charge on any atom is 0.245 e. The zero-order chi connectivity index (χ0) is 13.0. The van der Waals surface area contributed by atoms with Crippen molar-refractivity contribution in [2.24, 2.45) is 11.8 Å². The van der Waals surface area contributed by atoms with Crippen LogP contribution in [-0.4, -0.2) is 35.8 Å². The molecule has 1 aliphatic heterocycles. The molecule has 0 aromatic carbocycles. The van der Waals surface area contributed by atoms with Crippen molar-refractivity contribution in [3.05, 3.63) is 0 Å². The first-order chi connectivity index (χ1) is 7.91. The summed E-state index contributed by atoms with van der Waals surface area (Å²) < 4.78 is 0. The Morgan fingerprint density at radius 3 is 2.47 bits per heavy atom. The highest BCUT2D eigenvalue weighted by Gasteiger charge is 2.33. The first-order valence-electron chi connectivity index (χ1n) is 6.50. The lowest BCUT2D eigenvalue weighted by molar-refractivity contribution is -0.145. The van der Waals surface area contributed by atoms with Crippen LogP contribution in [-0.2, 0) is 9.59 Å². The van der Waals surface area contributed by atoms with Crippen LogP contribution in [0.1, 0.15) is 40.5 Å². The molecule has 0 aliphatic carbocycles. The molecule has 0 aromatic rings. The number of nitrogens with one attached hydrogen (secondary N) is 1. The molecular formula is C13H24N2O2. The molecule has 0 aromatic heterocycles. The van der Waals surface area contributed by atoms with E-state index in [9.17, 15) is 9.59 Å². The number of nitrogens with zero attached hydrogens (tertiary/aromatic N) is 1. The van der Waals surface area contributed by atoms with Crippen LogP contribution in [0.4, 0.5) is 0 Å². The van der Waals surface area contributed by atoms with Crippen LogP contribution in [0.3, 0.4) is 0 Å². The Balaban J connectivity index is 2.52. The van der Waals surface area contributed by atoms with Gasteiger partial charge in [0, 0.05) is 6.54 Å². The van der Waals surface area contributed by atoms with Crippen LogP contribution < -0.4 is 5.32 Å². The van der Waals surface area contributed by atoms with Gasteiger partial charge in [-0.25, -0.2) is 0 Å². The SMILES string of the molecule is CC(C)CCCN1CC(=O)NC(C(C)C)C1=O. The number of carbonyl (C=O) groups is 2. The molecule has 1 aliphatic rings. The molecule has 4 nitrogen and oxygen atoms in total. The van der Waals surface area contributed by atoms with E-state index >= 15 is 0 Å². The van der Waals surface area contributed by atoms with E-state index in [4.69, 9.17) is 0 Å². The molecule has 1 heterocycles. The van der Waals surface area contributed by atoms with Gasteiger partial charge in [-0.2, -0.15) is 0 Å². The van der Waals surface area contributed by atoms with E-state index in [1.165, 1.54) is 0 Å². The lowest BCUT2D eigenvalue weighted by Crippen LogP contribution is -2.59. The minimum Gasteiger partial charge on any atom is -0.343 e. The van der Waals surface area contributed by atoms with Gasteiger partial charge in [0.2, 0.25) is 11.8 Å². The van der Waals surface area contributed by atoms with Crippen molar-refractivity contribution in [3.63, 3.8) is 0 Å². The summed E-state index contributed by atoms with van der Waals surface area (Å²) in [7, 11) is 0. The molecule has 0 radical (unpaired) electrons. The molecule has 1 N–H and O–H groups in total. The van der Waals surface area contributed by atoms with Gasteiger partial charge >= 0.3 is 0 Å². The minimum absolute atomic E-state index is 0.0344. The molecule has 0 saturated carbocycles. The first kappa shape index (κ1) is 14.0. The van der Waals surface area contributed by atoms with Crippen molar-refractivity contribution in [3.8, 4) is 0 Å². The van der Waals surface area contributed by atoms with Gasteiger partial charge in [0.05, 0.1) is 6.54 Å². The van der Waals surface area contributed by atoms with Crippen LogP contribution in [0.25, 0.3) is 0 Å². The topological polar surface area (TPSA) is 49.4 Å². The van der Waals surface area contributed by atoms with Crippen molar-refractivity contribution in [1.29, 1.82) is 0 Å². The summed E-state index contributed by atoms with van der Waals surface area (Å²) in [6.45, 7) is 9.18. The second-order valence-electron chi connectivity index (χ2n) is 5.59. The van der Waals surface area contributed by atoms with E-state index in [0.717, 1.165) is 12.8 Å². The Labute approximate surface area is 104 Å². The zero-order valence-corrected chi connectivity index (χ0v) is 11.3. The van der Waals surface area contributed by atoms with E-state index < -0.39 is 0 Å². The predicted octanol–water partition coefficient (Wildman–Crippen LogP) is 1.41. The fraction of sp³-hybridized carbons (Fsp3) is 0.846. The van der Waals surface area contributed by atoms with Crippen molar-refractivity contribution >= 4 is 11.8 Å². The van der Waals surface area contributed by atoms with Gasteiger partial charge in [0.25, 0.3) is 0 Å². The summed E-state index contributed by atoms with van der Waals surface area (Å²) in [5.41, 5.74) is 0. The molecule has 2 amide bonds. The molecule has 1 unspecified atom stereocenters. The van der Waals surface area contributed by atoms with Crippen LogP contribution in [0.5, 0.6) is 0 Å². The van der Waals surface area contributed by atoms with E-state index in [0.29, 0.717) is 12.5 Å². The normalized spacial score (nSPS) is 21.3. The first-order valence-corrected chi connectivity index (χ1v) is 6.50. The summed E-state index contributed by atoms with van der Waals surface area (Å²) >= 11 is 0. The molecule has 1 saturated heterocycles. The van der Waals surface area contributed by atoms with Gasteiger partial charge in [-0.3, -0.25) is 9.59 Å². The lowest BCUT2D eigenvalue weighted by Gasteiger charge is -2.34. The number of rotatable bonds is 5. The largest absolute Gasteiger partial charge is 0.343 e. The molecule has 98 valence electrons. The number of hydrogen-bond acceptors (Lipinski definition) is 2. The highest BCUT2D eigenvalue weighted by Crippen LogP contribution is 2.12. The Morgan fingerprint density at radius 1 is 1.29 bits per heavy atom. The van der Waals surface area contributed by atoms with Crippen LogP contribution in [0.2, 0.25) is 0 Å². The summed E-state index contributed by atoms with van der Waals surface area (Å²) in [5, 5.41) is 2.76. The van der Waals surface area contributed by atoms with E-state index in [1.807, 2.05) is 13.8 Å². The Hall–Kier alpha value is -1.06. The fourth-order valence-corrected chi connectivity index (χ4v) is 2.06. The highest BCUT2D eigenvalue weighted by molar-refractivity contribution is 5.94. The van der Waals surface area contributed by atoms with Crippen LogP contribution >= 0.6 is 0 Å². The molecule has 4 heteroatoms. The summed E-state index contributed by atoms with van der Waals surface area (Å²) in [6, 6.07) is -0.338. The average molecular weight is 240 g/mol. The van der Waals surface area contributed by atoms with Gasteiger partial charge < -0.3 is 10.2 Å². The van der Waals surface area contributed by atoms with Crippen molar-refractivity contribution < 1.29 is 9.59 Å². The third-order valence-corrected chi connectivity index (χ3v) is 3.10. The third kappa shape index (κ3) is 4.02. The van der Waals surface area contributed by atoms with Crippen LogP contribution in [0, 0.1) is 11.8 Å². The smallest absolute Gasteiger partial charge is 0.245 e. The third-order valence-electron chi connectivity index (χ3n) is 3.10. The van der Waals surface area contributed by atoms with Crippen molar-refractivity contribution in [2.45, 2.75) is 46.6 Å². The maximum atomic E-state index is 12.1. The van der Waals surface area contributed by atoms with Crippen LogP contribution in [0.15, 0.2) is 0 Å². The molecule has 1 fully saturated rings. The van der Waals surface area contributed by atoms with Crippen molar-refractivity contribution in [2.75, 3.05) is 13.1 Å². The van der Waals surface area contributed by atoms with Gasteiger partial charge in [0.1, 0.15) is 6.04 Å². The van der Waals surface area contributed by atoms with E-state index in [2.05, 4.69) is 19.2 Å². The molecule has 1 rings (SSSR count). The standard InChI is InChI=1S/C13H24N2O2/c1-9(2)6-5-7-15-8-11(16)14-12(10(3)4)13(15)17/h9-10,12H,5-8H2,1-4H3,(H,14,16). The Bertz CT molecular complexity index is 287. The minimum atomic E-state index is -0.338. The Kier molecular flexibility index (Phi) is 4.97. The van der Waals surface area contributed by atoms with Crippen molar-refractivity contribution in [1.82, 2.24) is 10.2 Å². The summed E-state index contributed by atoms with van der Waals surface area (Å²) in [6.07, 6.45) is 2.07. The molecule has 0 bridgehead atoms. The number of piperazine rings is 1. The predicted molar refractivity (Wildman–Crippen MR) is 67.4 cm³/mol. The fourth-order valence-electron chi connectivity index (χ4n) is 2.06. The van der Waals surface area contributed by atoms with E-state index in [-0.39, 0.29) is 30.3 Å². The molecular weight excluding hydrogens is 216 g/mol. The quantitative estimate of drug-likeness (QED) is 0.790. The number of hydrogen-bond donors (Lipinski definition) is 1. The molecule has 1 atom stereocenters. The second-order valence-corrected chi connectivity index (χ2v) is 5.59. The highest BCUT2D eigenvalue weighted by atomic mass is 16.2. The van der Waals surface area contributed by atoms with E-state index in [1.54, 1.807) is 4.90 Å². The van der Waals surface area contributed by atoms with Gasteiger partial charge in [-0.15, -0.1) is 0 Å². The second kappa shape index (κ2) is 6.03. The molecule has 17 heavy (non-hydrogen) atoms. The molecule has 0 spiro atoms.